The van der Waals surface area contributed by atoms with Crippen molar-refractivity contribution >= 4 is 11.8 Å². The van der Waals surface area contributed by atoms with E-state index >= 15 is 0 Å². The van der Waals surface area contributed by atoms with Crippen LogP contribution in [0, 0.1) is 0 Å². The van der Waals surface area contributed by atoms with Crippen LogP contribution < -0.4 is 17.0 Å². The molecule has 8 nitrogen and oxygen atoms in total. The molecule has 0 saturated carbocycles. The van der Waals surface area contributed by atoms with Gasteiger partial charge in [0.2, 0.25) is 0 Å². The predicted molar refractivity (Wildman–Crippen MR) is 31.3 cm³/mol. The monoisotopic (exact) mass is 174 g/mol. The Bertz CT molecular complexity index is 405. The Labute approximate surface area is 63.1 Å². The van der Waals surface area contributed by atoms with Crippen molar-refractivity contribution in [2.45, 2.75) is 0 Å². The van der Waals surface area contributed by atoms with Gasteiger partial charge in [-0.25, -0.2) is 9.59 Å². The third-order valence-corrected chi connectivity index (χ3v) is 0.875. The van der Waals surface area contributed by atoms with Gasteiger partial charge >= 0.3 is 23.1 Å². The number of nitrogens with two attached hydrogens (primary N) is 1. The molecular weight excluding hydrogens is 172 g/mol. The molecule has 2 N–H and O–H groups in total. The smallest absolute Gasteiger partial charge is 0.361 e. The second-order valence-electron chi connectivity index (χ2n) is 1.68. The van der Waals surface area contributed by atoms with Crippen molar-refractivity contribution in [3.8, 4) is 0 Å². The van der Waals surface area contributed by atoms with Crippen molar-refractivity contribution in [1.82, 2.24) is 4.91 Å². The summed E-state index contributed by atoms with van der Waals surface area (Å²) >= 11 is 0. The predicted octanol–water partition coefficient (Wildman–Crippen LogP) is -2.48. The van der Waals surface area contributed by atoms with E-state index in [1.807, 2.05) is 0 Å². The van der Waals surface area contributed by atoms with Crippen LogP contribution in [-0.4, -0.2) is 16.7 Å². The fourth-order valence-electron chi connectivity index (χ4n) is 0.417. The molecule has 1 amide bonds. The molecule has 0 aromatic carbocycles. The van der Waals surface area contributed by atoms with Crippen molar-refractivity contribution in [3.63, 3.8) is 0 Å². The highest BCUT2D eigenvalue weighted by atomic mass is 16.7. The topological polar surface area (TPSA) is 126 Å². The zero-order valence-corrected chi connectivity index (χ0v) is 5.47. The van der Waals surface area contributed by atoms with E-state index in [-0.39, 0.29) is 4.91 Å². The summed E-state index contributed by atoms with van der Waals surface area (Å²) < 4.78 is 7.74. The van der Waals surface area contributed by atoms with Crippen LogP contribution in [0.2, 0.25) is 0 Å². The summed E-state index contributed by atoms with van der Waals surface area (Å²) in [5.74, 6) is -2.84. The molecule has 0 fully saturated rings. The molecule has 1 aromatic rings. The lowest BCUT2D eigenvalue weighted by Crippen LogP contribution is -2.28. The SMILES string of the molecule is NC(=O)C(=O)n1oc(=O)c(=O)o1. The van der Waals surface area contributed by atoms with E-state index in [0.717, 1.165) is 0 Å². The summed E-state index contributed by atoms with van der Waals surface area (Å²) in [5, 5.41) is 0. The Kier molecular flexibility index (Phi) is 1.66. The van der Waals surface area contributed by atoms with Crippen LogP contribution in [0.25, 0.3) is 0 Å². The highest BCUT2D eigenvalue weighted by Gasteiger charge is 2.18. The highest BCUT2D eigenvalue weighted by Crippen LogP contribution is 1.78. The molecule has 0 saturated heterocycles. The van der Waals surface area contributed by atoms with Crippen molar-refractivity contribution in [1.29, 1.82) is 0 Å². The van der Waals surface area contributed by atoms with Crippen LogP contribution in [-0.2, 0) is 4.79 Å². The van der Waals surface area contributed by atoms with Crippen molar-refractivity contribution in [3.05, 3.63) is 20.8 Å². The molecule has 8 heteroatoms. The zero-order chi connectivity index (χ0) is 9.30. The fourth-order valence-corrected chi connectivity index (χ4v) is 0.417. The molecule has 0 unspecified atom stereocenters. The third-order valence-electron chi connectivity index (χ3n) is 0.875. The van der Waals surface area contributed by atoms with Gasteiger partial charge in [0.15, 0.2) is 0 Å². The first-order valence-corrected chi connectivity index (χ1v) is 2.60. The van der Waals surface area contributed by atoms with E-state index in [1.165, 1.54) is 0 Å². The maximum Gasteiger partial charge on any atom is 0.446 e. The van der Waals surface area contributed by atoms with Gasteiger partial charge in [0.25, 0.3) is 0 Å². The van der Waals surface area contributed by atoms with E-state index < -0.39 is 23.1 Å². The largest absolute Gasteiger partial charge is 0.446 e. The second kappa shape index (κ2) is 2.49. The first-order valence-electron chi connectivity index (χ1n) is 2.60. The van der Waals surface area contributed by atoms with Crippen LogP contribution >= 0.6 is 0 Å². The van der Waals surface area contributed by atoms with Gasteiger partial charge in [0, 0.05) is 4.91 Å². The van der Waals surface area contributed by atoms with Crippen LogP contribution in [0.5, 0.6) is 0 Å². The summed E-state index contributed by atoms with van der Waals surface area (Å²) in [4.78, 5) is 41.0. The molecule has 12 heavy (non-hydrogen) atoms. The fraction of sp³-hybridized carbons (Fsp3) is 0. The van der Waals surface area contributed by atoms with E-state index in [0.29, 0.717) is 0 Å². The summed E-state index contributed by atoms with van der Waals surface area (Å²) in [5.41, 5.74) is 1.72. The number of primary amides is 1. The quantitative estimate of drug-likeness (QED) is 0.434. The number of hydrogen-bond acceptors (Lipinski definition) is 6. The molecule has 64 valence electrons. The van der Waals surface area contributed by atoms with Gasteiger partial charge in [-0.3, -0.25) is 18.6 Å². The molecule has 0 aliphatic heterocycles. The first-order chi connectivity index (χ1) is 5.52. The Morgan fingerprint density at radius 2 is 1.58 bits per heavy atom. The lowest BCUT2D eigenvalue weighted by Gasteiger charge is -1.87. The lowest BCUT2D eigenvalue weighted by molar-refractivity contribution is -0.116. The average molecular weight is 174 g/mol. The molecular formula is C4H2N2O6. The van der Waals surface area contributed by atoms with Crippen molar-refractivity contribution in [2.75, 3.05) is 0 Å². The van der Waals surface area contributed by atoms with Gasteiger partial charge < -0.3 is 5.73 Å². The molecule has 1 heterocycles. The third kappa shape index (κ3) is 1.17. The average Bonchev–Trinajstić information content (AvgIpc) is 2.30. The second-order valence-corrected chi connectivity index (χ2v) is 1.68. The summed E-state index contributed by atoms with van der Waals surface area (Å²) in [6.45, 7) is 0. The highest BCUT2D eigenvalue weighted by molar-refractivity contribution is 6.34. The van der Waals surface area contributed by atoms with E-state index in [9.17, 15) is 19.2 Å². The van der Waals surface area contributed by atoms with Crippen LogP contribution in [0.3, 0.4) is 0 Å². The zero-order valence-electron chi connectivity index (χ0n) is 5.47. The first kappa shape index (κ1) is 7.98. The Hall–Kier alpha value is -2.12. The van der Waals surface area contributed by atoms with E-state index in [4.69, 9.17) is 0 Å². The number of carbonyl (C=O) groups is 2. The molecule has 0 aliphatic carbocycles. The Balaban J connectivity index is 3.22. The van der Waals surface area contributed by atoms with Crippen LogP contribution in [0.15, 0.2) is 18.6 Å². The number of amides is 1. The summed E-state index contributed by atoms with van der Waals surface area (Å²) in [6.07, 6.45) is 0. The van der Waals surface area contributed by atoms with E-state index in [2.05, 4.69) is 14.8 Å². The molecule has 1 aromatic heterocycles. The molecule has 0 atom stereocenters. The summed E-state index contributed by atoms with van der Waals surface area (Å²) in [7, 11) is 0. The minimum Gasteiger partial charge on any atom is -0.361 e. The Morgan fingerprint density at radius 1 is 1.17 bits per heavy atom. The number of carbonyl (C=O) groups excluding carboxylic acids is 2. The minimum atomic E-state index is -1.44. The van der Waals surface area contributed by atoms with Gasteiger partial charge in [-0.1, -0.05) is 0 Å². The van der Waals surface area contributed by atoms with Crippen molar-refractivity contribution in [2.24, 2.45) is 5.73 Å². The normalized spacial score (nSPS) is 9.67. The van der Waals surface area contributed by atoms with Crippen molar-refractivity contribution < 1.29 is 18.6 Å². The van der Waals surface area contributed by atoms with Crippen LogP contribution in [0.4, 0.5) is 0 Å². The van der Waals surface area contributed by atoms with E-state index in [1.54, 1.807) is 0 Å². The molecule has 1 rings (SSSR count). The maximum absolute atomic E-state index is 10.5. The van der Waals surface area contributed by atoms with Gasteiger partial charge in [-0.15, -0.1) is 0 Å². The van der Waals surface area contributed by atoms with Crippen LogP contribution in [0.1, 0.15) is 4.79 Å². The van der Waals surface area contributed by atoms with Gasteiger partial charge in [-0.05, 0) is 0 Å². The Morgan fingerprint density at radius 3 is 1.92 bits per heavy atom. The maximum atomic E-state index is 10.5. The number of aromatic nitrogens is 1. The standard InChI is InChI=1S/C4H2N2O6/c5-1(7)2(8)6-11-3(9)4(10)12-6/h(H2,5,7). The van der Waals surface area contributed by atoms with Gasteiger partial charge in [-0.2, -0.15) is 0 Å². The lowest BCUT2D eigenvalue weighted by atomic mass is 10.6. The number of rotatable bonds is 0. The molecule has 0 bridgehead atoms. The molecule has 0 spiro atoms. The molecule has 0 aliphatic rings. The van der Waals surface area contributed by atoms with Gasteiger partial charge in [0.05, 0.1) is 0 Å². The summed E-state index contributed by atoms with van der Waals surface area (Å²) in [6, 6.07) is 0. The van der Waals surface area contributed by atoms with Gasteiger partial charge in [0.1, 0.15) is 0 Å². The number of nitrogens with zero attached hydrogens (tertiary/aromatic N) is 1. The minimum absolute atomic E-state index is 0.174. The molecule has 0 radical (unpaired) electrons. The number of hydrogen-bond donors (Lipinski definition) is 1.